The average molecular weight is 344 g/mol. The maximum Gasteiger partial charge on any atom is 0.312 e. The number of ether oxygens (including phenoxy) is 1. The molecule has 2 aromatic heterocycles. The Hall–Kier alpha value is -1.89. The van der Waals surface area contributed by atoms with Crippen LogP contribution in [0.3, 0.4) is 0 Å². The second kappa shape index (κ2) is 5.96. The van der Waals surface area contributed by atoms with Crippen molar-refractivity contribution in [1.82, 2.24) is 19.5 Å². The second-order valence-corrected chi connectivity index (χ2v) is 5.79. The van der Waals surface area contributed by atoms with Crippen molar-refractivity contribution in [2.75, 3.05) is 18.3 Å². The number of thioether (sulfide) groups is 1. The molecule has 1 aliphatic rings. The van der Waals surface area contributed by atoms with Gasteiger partial charge in [-0.1, -0.05) is 0 Å². The number of hydrogen-bond donors (Lipinski definition) is 2. The predicted octanol–water partition coefficient (Wildman–Crippen LogP) is 0.0227. The molecule has 4 atom stereocenters. The zero-order valence-corrected chi connectivity index (χ0v) is 12.9. The monoisotopic (exact) mass is 344 g/mol. The minimum atomic E-state index is -1.24. The Morgan fingerprint density at radius 2 is 2.17 bits per heavy atom. The summed E-state index contributed by atoms with van der Waals surface area (Å²) in [6.45, 7) is 0. The first kappa shape index (κ1) is 16.0. The number of nitrogens with zero attached hydrogens (tertiary/aromatic N) is 6. The summed E-state index contributed by atoms with van der Waals surface area (Å²) in [5.41, 5.74) is -0.509. The van der Waals surface area contributed by atoms with Crippen LogP contribution in [0.4, 0.5) is 10.2 Å². The standard InChI is InChI=1S/C11H13FN6O4S/c1-17(16-21)7-4-8(15-11(12)14-7)18(3-13-4)9-5(19)6(20)10(22-9)23-2/h3,5-6,9-10,19-20H,1-2H3/t5-,6+,9-,10-/m1/s1. The van der Waals surface area contributed by atoms with Crippen LogP contribution in [0.2, 0.25) is 0 Å². The molecule has 2 N–H and O–H groups in total. The smallest absolute Gasteiger partial charge is 0.312 e. The summed E-state index contributed by atoms with van der Waals surface area (Å²) >= 11 is 1.23. The third-order valence-corrected chi connectivity index (χ3v) is 4.36. The lowest BCUT2D eigenvalue weighted by molar-refractivity contribution is -0.0193. The molecule has 3 heterocycles. The second-order valence-electron chi connectivity index (χ2n) is 4.86. The van der Waals surface area contributed by atoms with E-state index < -0.39 is 30.0 Å². The van der Waals surface area contributed by atoms with Crippen molar-refractivity contribution in [3.05, 3.63) is 17.3 Å². The quantitative estimate of drug-likeness (QED) is 0.448. The van der Waals surface area contributed by atoms with Gasteiger partial charge in [-0.2, -0.15) is 14.4 Å². The third-order valence-electron chi connectivity index (χ3n) is 3.51. The molecule has 12 heteroatoms. The molecule has 1 saturated heterocycles. The van der Waals surface area contributed by atoms with Crippen LogP contribution in [-0.2, 0) is 4.74 Å². The molecule has 0 bridgehead atoms. The van der Waals surface area contributed by atoms with Crippen LogP contribution in [0.15, 0.2) is 11.6 Å². The molecule has 124 valence electrons. The van der Waals surface area contributed by atoms with Crippen LogP contribution in [0.5, 0.6) is 0 Å². The first-order chi connectivity index (χ1) is 11.0. The largest absolute Gasteiger partial charge is 0.387 e. The highest BCUT2D eigenvalue weighted by Gasteiger charge is 2.44. The Morgan fingerprint density at radius 1 is 1.43 bits per heavy atom. The summed E-state index contributed by atoms with van der Waals surface area (Å²) < 4.78 is 20.5. The van der Waals surface area contributed by atoms with Gasteiger partial charge in [0, 0.05) is 7.05 Å². The van der Waals surface area contributed by atoms with E-state index in [9.17, 15) is 19.5 Å². The topological polar surface area (TPSA) is 126 Å². The lowest BCUT2D eigenvalue weighted by atomic mass is 10.2. The van der Waals surface area contributed by atoms with E-state index in [-0.39, 0.29) is 17.0 Å². The van der Waals surface area contributed by atoms with Gasteiger partial charge in [-0.05, 0) is 6.26 Å². The Kier molecular flexibility index (Phi) is 4.14. The first-order valence-corrected chi connectivity index (χ1v) is 7.78. The number of rotatable bonds is 4. The minimum Gasteiger partial charge on any atom is -0.387 e. The first-order valence-electron chi connectivity index (χ1n) is 6.49. The average Bonchev–Trinajstić information content (AvgIpc) is 3.08. The molecular formula is C11H13FN6O4S. The molecule has 0 unspecified atom stereocenters. The number of aromatic nitrogens is 4. The predicted molar refractivity (Wildman–Crippen MR) is 78.9 cm³/mol. The van der Waals surface area contributed by atoms with Gasteiger partial charge in [-0.15, -0.1) is 16.7 Å². The van der Waals surface area contributed by atoms with E-state index in [4.69, 9.17) is 4.74 Å². The van der Waals surface area contributed by atoms with Crippen LogP contribution in [0.25, 0.3) is 11.2 Å². The number of aliphatic hydroxyl groups excluding tert-OH is 2. The Morgan fingerprint density at radius 3 is 2.78 bits per heavy atom. The van der Waals surface area contributed by atoms with Crippen molar-refractivity contribution in [2.45, 2.75) is 23.9 Å². The van der Waals surface area contributed by atoms with Crippen LogP contribution in [-0.4, -0.2) is 60.7 Å². The van der Waals surface area contributed by atoms with E-state index >= 15 is 0 Å². The third kappa shape index (κ3) is 2.52. The van der Waals surface area contributed by atoms with Crippen molar-refractivity contribution in [3.8, 4) is 0 Å². The van der Waals surface area contributed by atoms with Gasteiger partial charge in [0.15, 0.2) is 23.2 Å². The maximum absolute atomic E-state index is 13.7. The molecule has 0 aromatic carbocycles. The fourth-order valence-electron chi connectivity index (χ4n) is 2.38. The van der Waals surface area contributed by atoms with Crippen molar-refractivity contribution in [2.24, 2.45) is 5.29 Å². The fourth-order valence-corrected chi connectivity index (χ4v) is 3.04. The van der Waals surface area contributed by atoms with Crippen LogP contribution in [0, 0.1) is 11.0 Å². The zero-order valence-electron chi connectivity index (χ0n) is 12.1. The molecule has 0 saturated carbocycles. The van der Waals surface area contributed by atoms with Gasteiger partial charge in [-0.3, -0.25) is 4.57 Å². The summed E-state index contributed by atoms with van der Waals surface area (Å²) in [4.78, 5) is 21.8. The molecule has 2 aromatic rings. The van der Waals surface area contributed by atoms with Gasteiger partial charge < -0.3 is 14.9 Å². The Balaban J connectivity index is 2.10. The number of hydrogen-bond acceptors (Lipinski definition) is 9. The summed E-state index contributed by atoms with van der Waals surface area (Å²) in [7, 11) is 1.29. The molecule has 0 spiro atoms. The number of halogens is 1. The highest BCUT2D eigenvalue weighted by molar-refractivity contribution is 7.99. The molecule has 0 aliphatic carbocycles. The lowest BCUT2D eigenvalue weighted by Crippen LogP contribution is -2.30. The minimum absolute atomic E-state index is 0.0148. The van der Waals surface area contributed by atoms with Crippen molar-refractivity contribution >= 4 is 28.7 Å². The van der Waals surface area contributed by atoms with E-state index in [1.807, 2.05) is 0 Å². The maximum atomic E-state index is 13.7. The van der Waals surface area contributed by atoms with E-state index in [0.717, 1.165) is 5.01 Å². The lowest BCUT2D eigenvalue weighted by Gasteiger charge is -2.16. The van der Waals surface area contributed by atoms with Crippen molar-refractivity contribution in [1.29, 1.82) is 0 Å². The number of nitroso groups, excluding NO2 is 1. The van der Waals surface area contributed by atoms with Gasteiger partial charge >= 0.3 is 6.08 Å². The highest BCUT2D eigenvalue weighted by atomic mass is 32.2. The van der Waals surface area contributed by atoms with Crippen molar-refractivity contribution in [3.63, 3.8) is 0 Å². The molecule has 3 rings (SSSR count). The number of imidazole rings is 1. The molecule has 0 amide bonds. The number of fused-ring (bicyclic) bond motifs is 1. The molecule has 23 heavy (non-hydrogen) atoms. The summed E-state index contributed by atoms with van der Waals surface area (Å²) in [5, 5.41) is 23.5. The van der Waals surface area contributed by atoms with Gasteiger partial charge in [0.25, 0.3) is 0 Å². The molecular weight excluding hydrogens is 331 g/mol. The summed E-state index contributed by atoms with van der Waals surface area (Å²) in [5.74, 6) is -0.115. The molecule has 0 radical (unpaired) electrons. The van der Waals surface area contributed by atoms with Crippen molar-refractivity contribution < 1.29 is 19.3 Å². The van der Waals surface area contributed by atoms with E-state index in [0.29, 0.717) is 0 Å². The van der Waals surface area contributed by atoms with Crippen LogP contribution < -0.4 is 5.01 Å². The van der Waals surface area contributed by atoms with Gasteiger partial charge in [0.05, 0.1) is 11.6 Å². The van der Waals surface area contributed by atoms with E-state index in [1.54, 1.807) is 6.26 Å². The van der Waals surface area contributed by atoms with Crippen LogP contribution >= 0.6 is 11.8 Å². The number of anilines is 1. The number of aliphatic hydroxyl groups is 2. The van der Waals surface area contributed by atoms with E-state index in [1.165, 1.54) is 29.7 Å². The summed E-state index contributed by atoms with van der Waals surface area (Å²) in [6.07, 6.45) is -1.45. The fraction of sp³-hybridized carbons (Fsp3) is 0.545. The summed E-state index contributed by atoms with van der Waals surface area (Å²) in [6, 6.07) is 0. The van der Waals surface area contributed by atoms with Gasteiger partial charge in [-0.25, -0.2) is 9.99 Å². The SMILES string of the molecule is CS[C@H]1O[C@@H](n2cnc3c(N(C)N=O)nc(F)nc32)[C@H](O)[C@@H]1O. The Labute approximate surface area is 133 Å². The normalized spacial score (nSPS) is 27.5. The molecule has 10 nitrogen and oxygen atoms in total. The Bertz CT molecular complexity index is 745. The zero-order chi connectivity index (χ0) is 16.7. The van der Waals surface area contributed by atoms with Gasteiger partial charge in [0.1, 0.15) is 17.6 Å². The van der Waals surface area contributed by atoms with E-state index in [2.05, 4.69) is 20.2 Å². The highest BCUT2D eigenvalue weighted by Crippen LogP contribution is 2.36. The van der Waals surface area contributed by atoms with Gasteiger partial charge in [0.2, 0.25) is 0 Å². The molecule has 1 aliphatic heterocycles. The molecule has 1 fully saturated rings. The van der Waals surface area contributed by atoms with Crippen LogP contribution in [0.1, 0.15) is 6.23 Å².